The second-order valence-corrected chi connectivity index (χ2v) is 6.44. The molecule has 0 radical (unpaired) electrons. The van der Waals surface area contributed by atoms with Gasteiger partial charge in [0.1, 0.15) is 11.2 Å². The number of aromatic nitrogens is 1. The van der Waals surface area contributed by atoms with E-state index in [1.165, 1.54) is 18.3 Å². The summed E-state index contributed by atoms with van der Waals surface area (Å²) in [6.07, 6.45) is 7.15. The summed E-state index contributed by atoms with van der Waals surface area (Å²) < 4.78 is 0. The van der Waals surface area contributed by atoms with Crippen LogP contribution in [0.5, 0.6) is 0 Å². The Morgan fingerprint density at radius 2 is 1.92 bits per heavy atom. The maximum atomic E-state index is 12.7. The molecule has 1 aromatic heterocycles. The lowest BCUT2D eigenvalue weighted by Gasteiger charge is -2.36. The minimum Gasteiger partial charge on any atom is -0.477 e. The first-order valence-electron chi connectivity index (χ1n) is 8.78. The molecular formula is C18H25N3O4. The maximum Gasteiger partial charge on any atom is 0.354 e. The average molecular weight is 347 g/mol. The zero-order valence-electron chi connectivity index (χ0n) is 14.5. The van der Waals surface area contributed by atoms with Gasteiger partial charge in [-0.2, -0.15) is 0 Å². The summed E-state index contributed by atoms with van der Waals surface area (Å²) in [6, 6.07) is 2.70. The van der Waals surface area contributed by atoms with Gasteiger partial charge < -0.3 is 15.7 Å². The number of nitrogens with one attached hydrogen (secondary N) is 2. The van der Waals surface area contributed by atoms with Gasteiger partial charge in [-0.05, 0) is 31.4 Å². The summed E-state index contributed by atoms with van der Waals surface area (Å²) >= 11 is 0. The van der Waals surface area contributed by atoms with Gasteiger partial charge >= 0.3 is 5.97 Å². The van der Waals surface area contributed by atoms with E-state index in [0.29, 0.717) is 19.4 Å². The number of amides is 2. The monoisotopic (exact) mass is 347 g/mol. The van der Waals surface area contributed by atoms with Crippen molar-refractivity contribution in [3.63, 3.8) is 0 Å². The molecule has 3 N–H and O–H groups in total. The van der Waals surface area contributed by atoms with E-state index in [2.05, 4.69) is 22.5 Å². The molecule has 0 aliphatic heterocycles. The van der Waals surface area contributed by atoms with Gasteiger partial charge in [0.2, 0.25) is 5.91 Å². The molecular weight excluding hydrogens is 322 g/mol. The van der Waals surface area contributed by atoms with Crippen molar-refractivity contribution in [2.75, 3.05) is 6.54 Å². The number of nitrogens with zero attached hydrogens (tertiary/aromatic N) is 1. The topological polar surface area (TPSA) is 108 Å². The molecule has 0 spiro atoms. The molecule has 7 heteroatoms. The van der Waals surface area contributed by atoms with Crippen LogP contribution in [0.25, 0.3) is 0 Å². The summed E-state index contributed by atoms with van der Waals surface area (Å²) in [5, 5.41) is 14.7. The molecule has 0 saturated heterocycles. The van der Waals surface area contributed by atoms with Crippen molar-refractivity contribution in [1.82, 2.24) is 15.6 Å². The largest absolute Gasteiger partial charge is 0.477 e. The van der Waals surface area contributed by atoms with Crippen molar-refractivity contribution < 1.29 is 19.5 Å². The van der Waals surface area contributed by atoms with Gasteiger partial charge in [-0.1, -0.05) is 32.6 Å². The van der Waals surface area contributed by atoms with E-state index in [1.807, 2.05) is 0 Å². The van der Waals surface area contributed by atoms with Gasteiger partial charge in [-0.25, -0.2) is 9.78 Å². The van der Waals surface area contributed by atoms with Gasteiger partial charge in [0, 0.05) is 12.7 Å². The van der Waals surface area contributed by atoms with E-state index in [4.69, 9.17) is 5.11 Å². The van der Waals surface area contributed by atoms with E-state index >= 15 is 0 Å². The van der Waals surface area contributed by atoms with Gasteiger partial charge in [-0.15, -0.1) is 0 Å². The van der Waals surface area contributed by atoms with Crippen LogP contribution in [0.2, 0.25) is 0 Å². The second-order valence-electron chi connectivity index (χ2n) is 6.44. The van der Waals surface area contributed by atoms with Crippen LogP contribution in [0.4, 0.5) is 0 Å². The summed E-state index contributed by atoms with van der Waals surface area (Å²) in [5.74, 6) is -1.69. The molecule has 136 valence electrons. The highest BCUT2D eigenvalue weighted by atomic mass is 16.4. The van der Waals surface area contributed by atoms with Crippen LogP contribution in [0.3, 0.4) is 0 Å². The Morgan fingerprint density at radius 1 is 1.20 bits per heavy atom. The predicted octanol–water partition coefficient (Wildman–Crippen LogP) is 2.13. The number of carbonyl (C=O) groups is 3. The second kappa shape index (κ2) is 8.60. The van der Waals surface area contributed by atoms with Crippen molar-refractivity contribution in [2.24, 2.45) is 0 Å². The first kappa shape index (κ1) is 18.9. The highest BCUT2D eigenvalue weighted by molar-refractivity contribution is 5.99. The number of carboxylic acids is 1. The number of unbranched alkanes of at least 4 members (excludes halogenated alkanes) is 1. The predicted molar refractivity (Wildman–Crippen MR) is 92.4 cm³/mol. The third kappa shape index (κ3) is 4.78. The Balaban J connectivity index is 2.11. The van der Waals surface area contributed by atoms with Crippen LogP contribution in [0, 0.1) is 0 Å². The fourth-order valence-corrected chi connectivity index (χ4v) is 3.06. The van der Waals surface area contributed by atoms with Crippen molar-refractivity contribution in [3.05, 3.63) is 29.6 Å². The van der Waals surface area contributed by atoms with Gasteiger partial charge in [-0.3, -0.25) is 9.59 Å². The summed E-state index contributed by atoms with van der Waals surface area (Å²) in [5.41, 5.74) is -0.772. The maximum absolute atomic E-state index is 12.7. The average Bonchev–Trinajstić information content (AvgIpc) is 2.62. The van der Waals surface area contributed by atoms with Crippen molar-refractivity contribution in [1.29, 1.82) is 0 Å². The van der Waals surface area contributed by atoms with Crippen molar-refractivity contribution in [2.45, 2.75) is 57.4 Å². The third-order valence-corrected chi connectivity index (χ3v) is 4.56. The smallest absolute Gasteiger partial charge is 0.354 e. The van der Waals surface area contributed by atoms with E-state index in [-0.39, 0.29) is 17.2 Å². The lowest BCUT2D eigenvalue weighted by Crippen LogP contribution is -2.59. The van der Waals surface area contributed by atoms with E-state index in [9.17, 15) is 14.4 Å². The van der Waals surface area contributed by atoms with Gasteiger partial charge in [0.25, 0.3) is 5.91 Å². The lowest BCUT2D eigenvalue weighted by atomic mass is 9.80. The van der Waals surface area contributed by atoms with Crippen LogP contribution < -0.4 is 10.6 Å². The quantitative estimate of drug-likeness (QED) is 0.655. The molecule has 0 unspecified atom stereocenters. The van der Waals surface area contributed by atoms with E-state index in [1.54, 1.807) is 0 Å². The fourth-order valence-electron chi connectivity index (χ4n) is 3.06. The molecule has 2 rings (SSSR count). The molecule has 0 bridgehead atoms. The van der Waals surface area contributed by atoms with Crippen molar-refractivity contribution in [3.8, 4) is 0 Å². The standard InChI is InChI=1S/C18H25N3O4/c1-2-3-11-19-17(25)18(9-5-4-6-10-18)21-15(22)13-7-8-14(16(23)24)20-12-13/h7-8,12H,2-6,9-11H2,1H3,(H,19,25)(H,21,22)(H,23,24). The Kier molecular flexibility index (Phi) is 6.50. The molecule has 0 aromatic carbocycles. The first-order chi connectivity index (χ1) is 12.0. The van der Waals surface area contributed by atoms with Crippen LogP contribution >= 0.6 is 0 Å². The Labute approximate surface area is 147 Å². The summed E-state index contributed by atoms with van der Waals surface area (Å²) in [6.45, 7) is 2.65. The molecule has 1 aliphatic rings. The molecule has 2 amide bonds. The SMILES string of the molecule is CCCCNC(=O)C1(NC(=O)c2ccc(C(=O)O)nc2)CCCCC1. The van der Waals surface area contributed by atoms with Crippen LogP contribution in [0.15, 0.2) is 18.3 Å². The molecule has 7 nitrogen and oxygen atoms in total. The summed E-state index contributed by atoms with van der Waals surface area (Å²) in [7, 11) is 0. The Hall–Kier alpha value is -2.44. The van der Waals surface area contributed by atoms with Crippen LogP contribution in [-0.4, -0.2) is 40.0 Å². The van der Waals surface area contributed by atoms with Gasteiger partial charge in [0.15, 0.2) is 0 Å². The fraction of sp³-hybridized carbons (Fsp3) is 0.556. The van der Waals surface area contributed by atoms with E-state index < -0.39 is 17.4 Å². The number of rotatable bonds is 7. The highest BCUT2D eigenvalue weighted by Crippen LogP contribution is 2.29. The molecule has 1 saturated carbocycles. The molecule has 1 heterocycles. The van der Waals surface area contributed by atoms with Crippen LogP contribution in [-0.2, 0) is 4.79 Å². The zero-order valence-corrected chi connectivity index (χ0v) is 14.5. The molecule has 1 fully saturated rings. The number of carboxylic acid groups (broad SMARTS) is 1. The third-order valence-electron chi connectivity index (χ3n) is 4.56. The molecule has 1 aromatic rings. The highest BCUT2D eigenvalue weighted by Gasteiger charge is 2.40. The Bertz CT molecular complexity index is 622. The summed E-state index contributed by atoms with van der Waals surface area (Å²) in [4.78, 5) is 39.8. The molecule has 25 heavy (non-hydrogen) atoms. The van der Waals surface area contributed by atoms with Gasteiger partial charge in [0.05, 0.1) is 5.56 Å². The number of carbonyl (C=O) groups excluding carboxylic acids is 2. The van der Waals surface area contributed by atoms with Crippen LogP contribution in [0.1, 0.15) is 72.7 Å². The zero-order chi connectivity index (χ0) is 18.3. The number of hydrogen-bond donors (Lipinski definition) is 3. The number of hydrogen-bond acceptors (Lipinski definition) is 4. The number of pyridine rings is 1. The van der Waals surface area contributed by atoms with E-state index in [0.717, 1.165) is 32.1 Å². The number of aromatic carboxylic acids is 1. The minimum atomic E-state index is -1.15. The molecule has 1 aliphatic carbocycles. The molecule has 0 atom stereocenters. The Morgan fingerprint density at radius 3 is 2.48 bits per heavy atom. The lowest BCUT2D eigenvalue weighted by molar-refractivity contribution is -0.128. The normalized spacial score (nSPS) is 16.0. The van der Waals surface area contributed by atoms with Crippen molar-refractivity contribution >= 4 is 17.8 Å². The minimum absolute atomic E-state index is 0.124. The first-order valence-corrected chi connectivity index (χ1v) is 8.78.